The molecule has 1 aromatic heterocycles. The van der Waals surface area contributed by atoms with Crippen molar-refractivity contribution < 1.29 is 14.8 Å². The molecule has 0 unspecified atom stereocenters. The third-order valence-electron chi connectivity index (χ3n) is 4.41. The van der Waals surface area contributed by atoms with E-state index in [1.807, 2.05) is 49.4 Å². The Hall–Kier alpha value is -2.94. The van der Waals surface area contributed by atoms with Crippen LogP contribution in [0.15, 0.2) is 48.7 Å². The van der Waals surface area contributed by atoms with Crippen molar-refractivity contribution in [3.8, 4) is 0 Å². The van der Waals surface area contributed by atoms with Gasteiger partial charge < -0.3 is 25.4 Å². The summed E-state index contributed by atoms with van der Waals surface area (Å²) in [5.41, 5.74) is 5.13. The highest BCUT2D eigenvalue weighted by Crippen LogP contribution is 2.22. The Morgan fingerprint density at radius 3 is 2.85 bits per heavy atom. The molecule has 0 saturated heterocycles. The molecule has 0 atom stereocenters. The number of aliphatic hydroxyl groups is 1. The predicted octanol–water partition coefficient (Wildman–Crippen LogP) is 1.98. The molecule has 3 aromatic rings. The number of hydrogen-bond acceptors (Lipinski definition) is 7. The van der Waals surface area contributed by atoms with Crippen molar-refractivity contribution in [2.24, 2.45) is 0 Å². The van der Waals surface area contributed by atoms with E-state index in [0.717, 1.165) is 33.5 Å². The van der Waals surface area contributed by atoms with E-state index in [1.165, 1.54) is 0 Å². The lowest BCUT2D eigenvalue weighted by molar-refractivity contribution is 0.275. The zero-order chi connectivity index (χ0) is 18.8. The molecule has 27 heavy (non-hydrogen) atoms. The fraction of sp³-hybridized carbons (Fsp3) is 0.158. The van der Waals surface area contributed by atoms with Gasteiger partial charge in [0.1, 0.15) is 5.82 Å². The third kappa shape index (κ3) is 3.78. The molecule has 1 aliphatic heterocycles. The lowest BCUT2D eigenvalue weighted by Crippen LogP contribution is -2.27. The van der Waals surface area contributed by atoms with Gasteiger partial charge in [0.25, 0.3) is 0 Å². The molecule has 0 fully saturated rings. The minimum atomic E-state index is -0.852. The Balaban J connectivity index is 1.55. The SMILES string of the molecule is Cc1cnc(Nc2ccc3c(c2)COB3O)nc1Nc1cccc(CO)c1. The quantitative estimate of drug-likeness (QED) is 0.515. The molecule has 8 heteroatoms. The Morgan fingerprint density at radius 1 is 1.15 bits per heavy atom. The summed E-state index contributed by atoms with van der Waals surface area (Å²) in [7, 11) is -0.852. The number of anilines is 4. The molecule has 0 bridgehead atoms. The van der Waals surface area contributed by atoms with Gasteiger partial charge in [-0.1, -0.05) is 18.2 Å². The fourth-order valence-electron chi connectivity index (χ4n) is 2.95. The van der Waals surface area contributed by atoms with Gasteiger partial charge in [-0.25, -0.2) is 4.98 Å². The molecule has 2 heterocycles. The number of aliphatic hydroxyl groups excluding tert-OH is 1. The summed E-state index contributed by atoms with van der Waals surface area (Å²) in [5, 5.41) is 25.5. The minimum Gasteiger partial charge on any atom is -0.423 e. The summed E-state index contributed by atoms with van der Waals surface area (Å²) >= 11 is 0. The van der Waals surface area contributed by atoms with Crippen molar-refractivity contribution in [2.75, 3.05) is 10.6 Å². The van der Waals surface area contributed by atoms with E-state index in [1.54, 1.807) is 6.20 Å². The second-order valence-corrected chi connectivity index (χ2v) is 6.41. The first-order valence-corrected chi connectivity index (χ1v) is 8.62. The Bertz CT molecular complexity index is 983. The number of nitrogens with zero attached hydrogens (tertiary/aromatic N) is 2. The van der Waals surface area contributed by atoms with Crippen molar-refractivity contribution in [2.45, 2.75) is 20.1 Å². The van der Waals surface area contributed by atoms with Gasteiger partial charge in [0, 0.05) is 23.1 Å². The topological polar surface area (TPSA) is 99.5 Å². The largest absolute Gasteiger partial charge is 0.491 e. The predicted molar refractivity (Wildman–Crippen MR) is 105 cm³/mol. The highest BCUT2D eigenvalue weighted by molar-refractivity contribution is 6.61. The summed E-state index contributed by atoms with van der Waals surface area (Å²) in [6.45, 7) is 2.30. The van der Waals surface area contributed by atoms with Crippen LogP contribution in [0.5, 0.6) is 0 Å². The molecule has 4 rings (SSSR count). The first-order valence-electron chi connectivity index (χ1n) is 8.62. The average molecular weight is 362 g/mol. The fourth-order valence-corrected chi connectivity index (χ4v) is 2.95. The van der Waals surface area contributed by atoms with E-state index in [2.05, 4.69) is 20.6 Å². The first-order chi connectivity index (χ1) is 13.1. The summed E-state index contributed by atoms with van der Waals surface area (Å²) in [6.07, 6.45) is 1.74. The van der Waals surface area contributed by atoms with Crippen molar-refractivity contribution in [1.29, 1.82) is 0 Å². The van der Waals surface area contributed by atoms with Gasteiger partial charge in [-0.05, 0) is 47.8 Å². The maximum absolute atomic E-state index is 9.72. The summed E-state index contributed by atoms with van der Waals surface area (Å²) in [6, 6.07) is 13.2. The second kappa shape index (κ2) is 7.36. The molecule has 7 nitrogen and oxygen atoms in total. The van der Waals surface area contributed by atoms with Gasteiger partial charge >= 0.3 is 7.12 Å². The monoisotopic (exact) mass is 362 g/mol. The molecular weight excluding hydrogens is 343 g/mol. The van der Waals surface area contributed by atoms with Gasteiger partial charge in [-0.2, -0.15) is 4.98 Å². The average Bonchev–Trinajstić information content (AvgIpc) is 3.05. The highest BCUT2D eigenvalue weighted by atomic mass is 16.5. The number of rotatable bonds is 5. The van der Waals surface area contributed by atoms with Crippen LogP contribution in [0.4, 0.5) is 23.1 Å². The van der Waals surface area contributed by atoms with E-state index in [9.17, 15) is 10.1 Å². The molecule has 136 valence electrons. The number of hydrogen-bond donors (Lipinski definition) is 4. The van der Waals surface area contributed by atoms with Gasteiger partial charge in [0.15, 0.2) is 0 Å². The molecule has 0 amide bonds. The number of aromatic nitrogens is 2. The van der Waals surface area contributed by atoms with Crippen LogP contribution in [-0.4, -0.2) is 27.2 Å². The van der Waals surface area contributed by atoms with E-state index in [4.69, 9.17) is 4.65 Å². The normalized spacial score (nSPS) is 12.8. The zero-order valence-electron chi connectivity index (χ0n) is 14.8. The van der Waals surface area contributed by atoms with Crippen molar-refractivity contribution >= 4 is 35.7 Å². The second-order valence-electron chi connectivity index (χ2n) is 6.41. The third-order valence-corrected chi connectivity index (χ3v) is 4.41. The van der Waals surface area contributed by atoms with E-state index < -0.39 is 7.12 Å². The van der Waals surface area contributed by atoms with Crippen molar-refractivity contribution in [3.05, 3.63) is 65.4 Å². The number of benzene rings is 2. The molecule has 0 aliphatic carbocycles. The number of nitrogens with one attached hydrogen (secondary N) is 2. The van der Waals surface area contributed by atoms with Crippen LogP contribution in [0.3, 0.4) is 0 Å². The summed E-state index contributed by atoms with van der Waals surface area (Å²) in [4.78, 5) is 8.89. The van der Waals surface area contributed by atoms with E-state index in [-0.39, 0.29) is 6.61 Å². The van der Waals surface area contributed by atoms with Crippen LogP contribution in [0.2, 0.25) is 0 Å². The van der Waals surface area contributed by atoms with E-state index in [0.29, 0.717) is 18.4 Å². The maximum atomic E-state index is 9.72. The van der Waals surface area contributed by atoms with Crippen LogP contribution < -0.4 is 16.1 Å². The Labute approximate surface area is 157 Å². The zero-order valence-corrected chi connectivity index (χ0v) is 14.8. The molecular formula is C19H19BN4O3. The summed E-state index contributed by atoms with van der Waals surface area (Å²) in [5.74, 6) is 1.14. The van der Waals surface area contributed by atoms with Gasteiger partial charge in [-0.15, -0.1) is 0 Å². The van der Waals surface area contributed by atoms with E-state index >= 15 is 0 Å². The molecule has 0 radical (unpaired) electrons. The van der Waals surface area contributed by atoms with Gasteiger partial charge in [0.2, 0.25) is 5.95 Å². The Morgan fingerprint density at radius 2 is 2.00 bits per heavy atom. The number of aryl methyl sites for hydroxylation is 1. The van der Waals surface area contributed by atoms with Crippen LogP contribution in [0.25, 0.3) is 0 Å². The lowest BCUT2D eigenvalue weighted by Gasteiger charge is -2.12. The lowest BCUT2D eigenvalue weighted by atomic mass is 9.79. The molecule has 4 N–H and O–H groups in total. The van der Waals surface area contributed by atoms with Crippen molar-refractivity contribution in [3.63, 3.8) is 0 Å². The highest BCUT2D eigenvalue weighted by Gasteiger charge is 2.27. The summed E-state index contributed by atoms with van der Waals surface area (Å²) < 4.78 is 5.22. The standard InChI is InChI=1S/C19H19BN4O3/c1-12-9-21-19(23-16-5-6-17-14(8-16)11-27-20(17)26)24-18(12)22-15-4-2-3-13(7-15)10-25/h2-9,25-26H,10-11H2,1H3,(H2,21,22,23,24). The van der Waals surface area contributed by atoms with Crippen LogP contribution in [0.1, 0.15) is 16.7 Å². The Kier molecular flexibility index (Phi) is 4.76. The first kappa shape index (κ1) is 17.5. The molecule has 2 aromatic carbocycles. The van der Waals surface area contributed by atoms with Crippen LogP contribution in [0, 0.1) is 6.92 Å². The molecule has 1 aliphatic rings. The smallest absolute Gasteiger partial charge is 0.423 e. The van der Waals surface area contributed by atoms with Crippen LogP contribution in [-0.2, 0) is 17.9 Å². The van der Waals surface area contributed by atoms with Crippen LogP contribution >= 0.6 is 0 Å². The molecule has 0 spiro atoms. The van der Waals surface area contributed by atoms with Crippen molar-refractivity contribution in [1.82, 2.24) is 9.97 Å². The van der Waals surface area contributed by atoms with Gasteiger partial charge in [0.05, 0.1) is 13.2 Å². The number of fused-ring (bicyclic) bond motifs is 1. The minimum absolute atomic E-state index is 0.0121. The maximum Gasteiger partial charge on any atom is 0.491 e. The van der Waals surface area contributed by atoms with Gasteiger partial charge in [-0.3, -0.25) is 0 Å². The molecule has 0 saturated carbocycles.